The van der Waals surface area contributed by atoms with Crippen molar-refractivity contribution in [2.75, 3.05) is 12.3 Å². The quantitative estimate of drug-likeness (QED) is 0.630. The summed E-state index contributed by atoms with van der Waals surface area (Å²) >= 11 is 0. The molecule has 1 aromatic rings. The fourth-order valence-corrected chi connectivity index (χ4v) is 2.12. The highest BCUT2D eigenvalue weighted by atomic mass is 19.1. The van der Waals surface area contributed by atoms with Gasteiger partial charge in [0, 0.05) is 6.08 Å². The van der Waals surface area contributed by atoms with E-state index in [-0.39, 0.29) is 5.95 Å². The van der Waals surface area contributed by atoms with Gasteiger partial charge in [0.15, 0.2) is 6.23 Å². The molecular weight excluding hydrogens is 295 g/mol. The van der Waals surface area contributed by atoms with Crippen LogP contribution in [-0.4, -0.2) is 49.2 Å². The Kier molecular flexibility index (Phi) is 4.43. The molecule has 0 radical (unpaired) electrons. The molecule has 4 N–H and O–H groups in total. The van der Waals surface area contributed by atoms with Gasteiger partial charge in [-0.05, 0) is 19.4 Å². The molecule has 22 heavy (non-hydrogen) atoms. The lowest BCUT2D eigenvalue weighted by atomic mass is 9.95. The predicted octanol–water partition coefficient (Wildman–Crippen LogP) is -0.699. The monoisotopic (exact) mass is 312 g/mol. The average molecular weight is 312 g/mol. The van der Waals surface area contributed by atoms with Crippen LogP contribution in [0.4, 0.5) is 10.3 Å². The number of alkyl halides is 1. The minimum absolute atomic E-state index is 0.261. The summed E-state index contributed by atoms with van der Waals surface area (Å²) in [4.78, 5) is 18.9. The summed E-state index contributed by atoms with van der Waals surface area (Å²) in [6, 6.07) is 0. The van der Waals surface area contributed by atoms with Crippen molar-refractivity contribution >= 4 is 5.95 Å². The van der Waals surface area contributed by atoms with Gasteiger partial charge in [0.25, 0.3) is 0 Å². The number of aromatic nitrogens is 3. The van der Waals surface area contributed by atoms with E-state index < -0.39 is 36.4 Å². The Hall–Kier alpha value is -2.06. The molecule has 1 fully saturated rings. The van der Waals surface area contributed by atoms with Crippen LogP contribution in [0.2, 0.25) is 0 Å². The summed E-state index contributed by atoms with van der Waals surface area (Å²) in [6.45, 7) is 2.77. The topological polar surface area (TPSA) is 123 Å². The molecule has 1 aliphatic rings. The van der Waals surface area contributed by atoms with E-state index in [1.54, 1.807) is 13.8 Å². The van der Waals surface area contributed by atoms with Gasteiger partial charge in [-0.1, -0.05) is 0 Å². The van der Waals surface area contributed by atoms with E-state index in [1.807, 2.05) is 0 Å². The summed E-state index contributed by atoms with van der Waals surface area (Å²) < 4.78 is 21.3. The molecule has 2 rings (SSSR count). The van der Waals surface area contributed by atoms with Gasteiger partial charge in [-0.2, -0.15) is 4.98 Å². The zero-order chi connectivity index (χ0) is 16.5. The van der Waals surface area contributed by atoms with Crippen molar-refractivity contribution in [3.05, 3.63) is 34.2 Å². The molecule has 1 saturated heterocycles. The lowest BCUT2D eigenvalue weighted by molar-refractivity contribution is -0.0560. The molecule has 9 heteroatoms. The number of hydrogen-bond acceptors (Lipinski definition) is 7. The standard InChI is InChI=1S/C13H17FN4O4/c1-7(2)3-4-13(14)9(20)8(5-19)22-10(13)18-6-16-11(15)17-12(18)21/h4,6,8-10,19-20H,5H2,1-2H3,(H2,15,17,21)/t8-,9-,10-,13-/m1/s1. The first kappa shape index (κ1) is 16.3. The Balaban J connectivity index is 2.56. The van der Waals surface area contributed by atoms with E-state index in [2.05, 4.69) is 15.7 Å². The number of hydrogen-bond donors (Lipinski definition) is 3. The zero-order valence-corrected chi connectivity index (χ0v) is 12.1. The highest BCUT2D eigenvalue weighted by molar-refractivity contribution is 5.17. The lowest BCUT2D eigenvalue weighted by Gasteiger charge is -2.25. The Morgan fingerprint density at radius 1 is 1.68 bits per heavy atom. The normalized spacial score (nSPS) is 30.9. The molecule has 8 nitrogen and oxygen atoms in total. The minimum atomic E-state index is -2.48. The van der Waals surface area contributed by atoms with Crippen molar-refractivity contribution in [3.8, 4) is 0 Å². The molecule has 0 aliphatic carbocycles. The maximum atomic E-state index is 15.3. The molecule has 1 aromatic heterocycles. The molecule has 0 saturated carbocycles. The van der Waals surface area contributed by atoms with E-state index in [0.717, 1.165) is 17.0 Å². The van der Waals surface area contributed by atoms with E-state index in [9.17, 15) is 15.0 Å². The van der Waals surface area contributed by atoms with Gasteiger partial charge in [0.1, 0.15) is 18.5 Å². The number of aliphatic hydroxyl groups is 2. The molecule has 0 bridgehead atoms. The van der Waals surface area contributed by atoms with Gasteiger partial charge < -0.3 is 20.7 Å². The van der Waals surface area contributed by atoms with Crippen LogP contribution in [0.25, 0.3) is 0 Å². The average Bonchev–Trinajstić information content (AvgIpc) is 2.70. The first-order valence-electron chi connectivity index (χ1n) is 6.54. The number of ether oxygens (including phenoxy) is 1. The molecule has 1 aliphatic heterocycles. The molecule has 0 unspecified atom stereocenters. The number of nitrogen functional groups attached to an aromatic ring is 1. The van der Waals surface area contributed by atoms with Gasteiger partial charge in [-0.15, -0.1) is 5.73 Å². The lowest BCUT2D eigenvalue weighted by Crippen LogP contribution is -2.44. The third kappa shape index (κ3) is 2.79. The molecular formula is C13H17FN4O4. The molecule has 2 heterocycles. The van der Waals surface area contributed by atoms with Crippen LogP contribution in [0.15, 0.2) is 28.5 Å². The fourth-order valence-electron chi connectivity index (χ4n) is 2.12. The Labute approximate surface area is 125 Å². The van der Waals surface area contributed by atoms with E-state index >= 15 is 4.39 Å². The Morgan fingerprint density at radius 2 is 2.36 bits per heavy atom. The number of nitrogens with two attached hydrogens (primary N) is 1. The van der Waals surface area contributed by atoms with Crippen LogP contribution in [-0.2, 0) is 4.74 Å². The van der Waals surface area contributed by atoms with Crippen molar-refractivity contribution in [1.82, 2.24) is 14.5 Å². The third-order valence-electron chi connectivity index (χ3n) is 3.25. The Morgan fingerprint density at radius 3 is 2.91 bits per heavy atom. The van der Waals surface area contributed by atoms with Crippen LogP contribution >= 0.6 is 0 Å². The number of halogens is 1. The molecule has 4 atom stereocenters. The van der Waals surface area contributed by atoms with Crippen LogP contribution in [0.3, 0.4) is 0 Å². The smallest absolute Gasteiger partial charge is 0.354 e. The van der Waals surface area contributed by atoms with Crippen LogP contribution in [0.1, 0.15) is 20.1 Å². The predicted molar refractivity (Wildman–Crippen MR) is 74.5 cm³/mol. The highest BCUT2D eigenvalue weighted by Gasteiger charge is 2.57. The summed E-state index contributed by atoms with van der Waals surface area (Å²) in [7, 11) is 0. The SMILES string of the molecule is CC(C)=C=C[C@@]1(F)[C@H](O)[C@@H](CO)O[C@H]1n1cnc(N)nc1=O. The maximum Gasteiger partial charge on any atom is 0.354 e. The second kappa shape index (κ2) is 5.98. The van der Waals surface area contributed by atoms with Gasteiger partial charge in [0.2, 0.25) is 11.6 Å². The first-order chi connectivity index (χ1) is 10.3. The summed E-state index contributed by atoms with van der Waals surface area (Å²) in [5.74, 6) is -0.261. The van der Waals surface area contributed by atoms with E-state index in [4.69, 9.17) is 10.5 Å². The largest absolute Gasteiger partial charge is 0.394 e. The van der Waals surface area contributed by atoms with Crippen LogP contribution in [0.5, 0.6) is 0 Å². The summed E-state index contributed by atoms with van der Waals surface area (Å²) in [5, 5.41) is 19.3. The first-order valence-corrected chi connectivity index (χ1v) is 6.54. The van der Waals surface area contributed by atoms with Gasteiger partial charge in [-0.3, -0.25) is 4.57 Å². The number of aliphatic hydroxyl groups excluding tert-OH is 2. The molecule has 0 amide bonds. The van der Waals surface area contributed by atoms with Gasteiger partial charge >= 0.3 is 5.69 Å². The number of anilines is 1. The number of rotatable bonds is 3. The fraction of sp³-hybridized carbons (Fsp3) is 0.538. The van der Waals surface area contributed by atoms with E-state index in [0.29, 0.717) is 5.57 Å². The molecule has 120 valence electrons. The van der Waals surface area contributed by atoms with Crippen LogP contribution < -0.4 is 11.4 Å². The van der Waals surface area contributed by atoms with Gasteiger partial charge in [0.05, 0.1) is 6.61 Å². The zero-order valence-electron chi connectivity index (χ0n) is 12.1. The van der Waals surface area contributed by atoms with Crippen molar-refractivity contribution < 1.29 is 19.3 Å². The summed E-state index contributed by atoms with van der Waals surface area (Å²) in [6.07, 6.45) is -2.46. The van der Waals surface area contributed by atoms with Gasteiger partial charge in [-0.25, -0.2) is 14.2 Å². The third-order valence-corrected chi connectivity index (χ3v) is 3.25. The minimum Gasteiger partial charge on any atom is -0.394 e. The summed E-state index contributed by atoms with van der Waals surface area (Å²) in [5.41, 5.74) is 5.24. The maximum absolute atomic E-state index is 15.3. The molecule has 0 aromatic carbocycles. The second-order valence-corrected chi connectivity index (χ2v) is 5.17. The Bertz CT molecular complexity index is 681. The van der Waals surface area contributed by atoms with Crippen molar-refractivity contribution in [3.63, 3.8) is 0 Å². The molecule has 0 spiro atoms. The van der Waals surface area contributed by atoms with Crippen molar-refractivity contribution in [2.24, 2.45) is 0 Å². The second-order valence-electron chi connectivity index (χ2n) is 5.17. The van der Waals surface area contributed by atoms with Crippen molar-refractivity contribution in [1.29, 1.82) is 0 Å². The van der Waals surface area contributed by atoms with E-state index in [1.165, 1.54) is 0 Å². The highest BCUT2D eigenvalue weighted by Crippen LogP contribution is 2.41. The number of nitrogens with zero attached hydrogens (tertiary/aromatic N) is 3. The van der Waals surface area contributed by atoms with Crippen molar-refractivity contribution in [2.45, 2.75) is 38.0 Å². The van der Waals surface area contributed by atoms with Crippen LogP contribution in [0, 0.1) is 0 Å².